The van der Waals surface area contributed by atoms with Crippen LogP contribution < -0.4 is 0 Å². The van der Waals surface area contributed by atoms with Crippen molar-refractivity contribution >= 4 is 0 Å². The van der Waals surface area contributed by atoms with Crippen LogP contribution in [-0.4, -0.2) is 35.2 Å². The Bertz CT molecular complexity index is 174. The van der Waals surface area contributed by atoms with Gasteiger partial charge in [0, 0.05) is 0 Å². The summed E-state index contributed by atoms with van der Waals surface area (Å²) in [6.07, 6.45) is 0. The summed E-state index contributed by atoms with van der Waals surface area (Å²) in [6.45, 7) is 4.63. The summed E-state index contributed by atoms with van der Waals surface area (Å²) < 4.78 is 0. The molecule has 0 radical (unpaired) electrons. The van der Waals surface area contributed by atoms with Crippen molar-refractivity contribution in [3.63, 3.8) is 0 Å². The smallest absolute Gasteiger partial charge is 0.0671 e. The molecule has 1 saturated heterocycles. The van der Waals surface area contributed by atoms with Gasteiger partial charge in [-0.05, 0) is 13.8 Å². The van der Waals surface area contributed by atoms with Gasteiger partial charge in [-0.3, -0.25) is 10.0 Å². The monoisotopic (exact) mass is 172 g/mol. The number of rotatable bonds is 2. The van der Waals surface area contributed by atoms with Crippen molar-refractivity contribution in [1.82, 2.24) is 10.0 Å². The number of hydrogen-bond acceptors (Lipinski definition) is 4. The molecule has 0 N–H and O–H groups in total. The third-order valence-corrected chi connectivity index (χ3v) is 2.06. The van der Waals surface area contributed by atoms with Crippen LogP contribution in [0.4, 0.5) is 0 Å². The predicted molar refractivity (Wildman–Crippen MR) is 43.9 cm³/mol. The van der Waals surface area contributed by atoms with Gasteiger partial charge in [-0.1, -0.05) is 0 Å². The first-order chi connectivity index (χ1) is 5.69. The summed E-state index contributed by atoms with van der Waals surface area (Å²) in [6, 6.07) is -0.0760. The topological polar surface area (TPSA) is 65.3 Å². The second-order valence-electron chi connectivity index (χ2n) is 3.11. The molecule has 1 rings (SSSR count). The van der Waals surface area contributed by atoms with E-state index in [0.29, 0.717) is 13.1 Å². The predicted octanol–water partition coefficient (Wildman–Crippen LogP) is 0.744. The van der Waals surface area contributed by atoms with E-state index >= 15 is 0 Å². The Kier molecular flexibility index (Phi) is 2.57. The van der Waals surface area contributed by atoms with Gasteiger partial charge < -0.3 is 0 Å². The van der Waals surface area contributed by atoms with E-state index in [4.69, 9.17) is 0 Å². The van der Waals surface area contributed by atoms with Crippen molar-refractivity contribution in [3.05, 3.63) is 9.81 Å². The molecule has 1 heterocycles. The molecule has 68 valence electrons. The van der Waals surface area contributed by atoms with Gasteiger partial charge in [-0.2, -0.15) is 0 Å². The van der Waals surface area contributed by atoms with E-state index in [1.807, 2.05) is 13.8 Å². The second-order valence-corrected chi connectivity index (χ2v) is 3.11. The fourth-order valence-electron chi connectivity index (χ4n) is 1.51. The van der Waals surface area contributed by atoms with Gasteiger partial charge in [0.1, 0.15) is 0 Å². The normalized spacial score (nSPS) is 30.2. The second kappa shape index (κ2) is 3.46. The lowest BCUT2D eigenvalue weighted by Gasteiger charge is -2.37. The highest BCUT2D eigenvalue weighted by Gasteiger charge is 2.29. The Morgan fingerprint density at radius 3 is 1.92 bits per heavy atom. The van der Waals surface area contributed by atoms with E-state index in [2.05, 4.69) is 10.6 Å². The van der Waals surface area contributed by atoms with Crippen molar-refractivity contribution in [1.29, 1.82) is 0 Å². The van der Waals surface area contributed by atoms with Crippen LogP contribution in [0, 0.1) is 9.81 Å². The summed E-state index contributed by atoms with van der Waals surface area (Å²) in [7, 11) is 0. The third kappa shape index (κ3) is 1.51. The van der Waals surface area contributed by atoms with Crippen LogP contribution in [0.3, 0.4) is 0 Å². The van der Waals surface area contributed by atoms with E-state index < -0.39 is 0 Å². The van der Waals surface area contributed by atoms with Crippen LogP contribution in [0.5, 0.6) is 0 Å². The summed E-state index contributed by atoms with van der Waals surface area (Å²) in [5.41, 5.74) is 0. The minimum absolute atomic E-state index is 0.0380. The average Bonchev–Trinajstić information content (AvgIpc) is 2.03. The zero-order valence-electron chi connectivity index (χ0n) is 7.17. The van der Waals surface area contributed by atoms with Crippen LogP contribution >= 0.6 is 0 Å². The number of nitroso groups, excluding NO2 is 2. The van der Waals surface area contributed by atoms with E-state index in [0.717, 1.165) is 0 Å². The van der Waals surface area contributed by atoms with Crippen molar-refractivity contribution < 1.29 is 0 Å². The first-order valence-electron chi connectivity index (χ1n) is 3.89. The zero-order chi connectivity index (χ0) is 9.14. The molecule has 1 aliphatic rings. The Labute approximate surface area is 70.4 Å². The molecule has 2 atom stereocenters. The van der Waals surface area contributed by atoms with Crippen molar-refractivity contribution in [2.24, 2.45) is 10.6 Å². The Morgan fingerprint density at radius 1 is 1.08 bits per heavy atom. The van der Waals surface area contributed by atoms with Crippen molar-refractivity contribution in [2.75, 3.05) is 13.1 Å². The molecular weight excluding hydrogens is 160 g/mol. The average molecular weight is 172 g/mol. The fourth-order valence-corrected chi connectivity index (χ4v) is 1.51. The molecule has 0 amide bonds. The molecule has 1 aliphatic heterocycles. The number of nitrogens with zero attached hydrogens (tertiary/aromatic N) is 4. The minimum atomic E-state index is -0.0380. The quantitative estimate of drug-likeness (QED) is 0.576. The van der Waals surface area contributed by atoms with E-state index in [1.54, 1.807) is 0 Å². The maximum Gasteiger partial charge on any atom is 0.0671 e. The zero-order valence-corrected chi connectivity index (χ0v) is 7.17. The van der Waals surface area contributed by atoms with Gasteiger partial charge in [-0.25, -0.2) is 0 Å². The number of piperazine rings is 1. The maximum atomic E-state index is 10.3. The van der Waals surface area contributed by atoms with Crippen molar-refractivity contribution in [2.45, 2.75) is 25.9 Å². The van der Waals surface area contributed by atoms with Crippen LogP contribution in [-0.2, 0) is 0 Å². The molecule has 0 aromatic rings. The lowest BCUT2D eigenvalue weighted by molar-refractivity contribution is 0.0402. The van der Waals surface area contributed by atoms with Crippen LogP contribution in [0.1, 0.15) is 13.8 Å². The summed E-state index contributed by atoms with van der Waals surface area (Å²) in [5, 5.41) is 8.59. The van der Waals surface area contributed by atoms with Gasteiger partial charge in [0.2, 0.25) is 0 Å². The Morgan fingerprint density at radius 2 is 1.58 bits per heavy atom. The highest BCUT2D eigenvalue weighted by atomic mass is 16.3. The summed E-state index contributed by atoms with van der Waals surface area (Å²) >= 11 is 0. The molecule has 6 nitrogen and oxygen atoms in total. The van der Waals surface area contributed by atoms with Crippen LogP contribution in [0.15, 0.2) is 10.6 Å². The molecule has 0 unspecified atom stereocenters. The minimum Gasteiger partial charge on any atom is -0.257 e. The SMILES string of the molecule is C[C@@H]1CN(N=O)C[C@@H](C)N1N=O. The van der Waals surface area contributed by atoms with Crippen LogP contribution in [0.2, 0.25) is 0 Å². The lowest BCUT2D eigenvalue weighted by Crippen LogP contribution is -2.52. The molecule has 0 aromatic carbocycles. The van der Waals surface area contributed by atoms with Gasteiger partial charge >= 0.3 is 0 Å². The first-order valence-corrected chi connectivity index (χ1v) is 3.89. The summed E-state index contributed by atoms with van der Waals surface area (Å²) in [5.74, 6) is 0. The van der Waals surface area contributed by atoms with E-state index in [9.17, 15) is 9.81 Å². The maximum absolute atomic E-state index is 10.3. The number of hydrogen-bond donors (Lipinski definition) is 0. The third-order valence-electron chi connectivity index (χ3n) is 2.06. The highest BCUT2D eigenvalue weighted by molar-refractivity contribution is 4.80. The summed E-state index contributed by atoms with van der Waals surface area (Å²) in [4.78, 5) is 20.5. The van der Waals surface area contributed by atoms with Gasteiger partial charge in [0.05, 0.1) is 35.7 Å². The Balaban J connectivity index is 2.62. The van der Waals surface area contributed by atoms with E-state index in [-0.39, 0.29) is 12.1 Å². The molecule has 0 spiro atoms. The van der Waals surface area contributed by atoms with Crippen LogP contribution in [0.25, 0.3) is 0 Å². The molecule has 12 heavy (non-hydrogen) atoms. The molecule has 0 bridgehead atoms. The van der Waals surface area contributed by atoms with Gasteiger partial charge in [0.15, 0.2) is 0 Å². The molecule has 6 heteroatoms. The van der Waals surface area contributed by atoms with Gasteiger partial charge in [0.25, 0.3) is 0 Å². The molecule has 1 fully saturated rings. The molecule has 0 aliphatic carbocycles. The first kappa shape index (κ1) is 8.89. The van der Waals surface area contributed by atoms with E-state index in [1.165, 1.54) is 10.0 Å². The fraction of sp³-hybridized carbons (Fsp3) is 1.00. The van der Waals surface area contributed by atoms with Gasteiger partial charge in [-0.15, -0.1) is 9.81 Å². The largest absolute Gasteiger partial charge is 0.257 e. The highest BCUT2D eigenvalue weighted by Crippen LogP contribution is 2.15. The molecule has 0 saturated carbocycles. The molecular formula is C6H12N4O2. The van der Waals surface area contributed by atoms with Crippen molar-refractivity contribution in [3.8, 4) is 0 Å². The molecule has 0 aromatic heterocycles. The lowest BCUT2D eigenvalue weighted by atomic mass is 10.2. The Hall–Kier alpha value is -1.20. The standard InChI is InChI=1S/C6H12N4O2/c1-5-3-9(7-11)4-6(2)10(5)8-12/h5-6H,3-4H2,1-2H3/t5-,6-/m1/s1.